The Balaban J connectivity index is 1.52. The van der Waals surface area contributed by atoms with E-state index in [1.807, 2.05) is 60.7 Å². The molecule has 132 valence electrons. The molecule has 1 aromatic heterocycles. The lowest BCUT2D eigenvalue weighted by atomic mass is 10.1. The van der Waals surface area contributed by atoms with Crippen LogP contribution in [0.1, 0.15) is 21.5 Å². The molecule has 0 fully saturated rings. The normalized spacial score (nSPS) is 10.3. The minimum absolute atomic E-state index is 0.136. The Labute approximate surface area is 158 Å². The van der Waals surface area contributed by atoms with Crippen molar-refractivity contribution in [2.75, 3.05) is 11.9 Å². The maximum atomic E-state index is 12.3. The molecule has 0 unspecified atom stereocenters. The first-order valence-electron chi connectivity index (χ1n) is 8.46. The second kappa shape index (κ2) is 9.02. The summed E-state index contributed by atoms with van der Waals surface area (Å²) in [6.07, 6.45) is 4.01. The smallest absolute Gasteiger partial charge is 0.252 e. The molecule has 3 aromatic rings. The molecule has 2 N–H and O–H groups in total. The van der Waals surface area contributed by atoms with Gasteiger partial charge in [-0.1, -0.05) is 54.1 Å². The molecule has 0 saturated heterocycles. The van der Waals surface area contributed by atoms with Gasteiger partial charge in [-0.3, -0.25) is 9.78 Å². The van der Waals surface area contributed by atoms with E-state index in [-0.39, 0.29) is 5.91 Å². The van der Waals surface area contributed by atoms with E-state index in [0.29, 0.717) is 23.7 Å². The van der Waals surface area contributed by atoms with Gasteiger partial charge < -0.3 is 10.6 Å². The molecule has 0 aliphatic heterocycles. The van der Waals surface area contributed by atoms with E-state index in [4.69, 9.17) is 11.6 Å². The lowest BCUT2D eigenvalue weighted by Gasteiger charge is -2.09. The van der Waals surface area contributed by atoms with Gasteiger partial charge in [0.05, 0.1) is 11.3 Å². The number of carbonyl (C=O) groups excluding carboxylic acids is 1. The fourth-order valence-corrected chi connectivity index (χ4v) is 2.79. The molecule has 5 heteroatoms. The molecule has 0 aliphatic rings. The number of nitrogens with one attached hydrogen (secondary N) is 2. The molecule has 0 aliphatic carbocycles. The van der Waals surface area contributed by atoms with Gasteiger partial charge in [-0.15, -0.1) is 0 Å². The average molecular weight is 366 g/mol. The van der Waals surface area contributed by atoms with Gasteiger partial charge in [0, 0.05) is 30.5 Å². The van der Waals surface area contributed by atoms with Crippen molar-refractivity contribution in [3.63, 3.8) is 0 Å². The molecule has 0 bridgehead atoms. The van der Waals surface area contributed by atoms with E-state index in [9.17, 15) is 4.79 Å². The van der Waals surface area contributed by atoms with Crippen LogP contribution in [0.15, 0.2) is 73.1 Å². The summed E-state index contributed by atoms with van der Waals surface area (Å²) in [7, 11) is 0. The molecule has 0 radical (unpaired) electrons. The van der Waals surface area contributed by atoms with Crippen molar-refractivity contribution in [1.29, 1.82) is 0 Å². The highest BCUT2D eigenvalue weighted by molar-refractivity contribution is 6.30. The fraction of sp³-hybridized carbons (Fsp3) is 0.143. The third-order valence-electron chi connectivity index (χ3n) is 3.93. The van der Waals surface area contributed by atoms with Crippen LogP contribution in [-0.2, 0) is 13.0 Å². The van der Waals surface area contributed by atoms with Crippen LogP contribution in [0.25, 0.3) is 0 Å². The van der Waals surface area contributed by atoms with E-state index >= 15 is 0 Å². The summed E-state index contributed by atoms with van der Waals surface area (Å²) in [6.45, 7) is 1.23. The highest BCUT2D eigenvalue weighted by atomic mass is 35.5. The average Bonchev–Trinajstić information content (AvgIpc) is 2.67. The zero-order chi connectivity index (χ0) is 18.2. The second-order valence-electron chi connectivity index (χ2n) is 5.94. The Hall–Kier alpha value is -2.85. The number of amides is 1. The van der Waals surface area contributed by atoms with Crippen LogP contribution in [0.5, 0.6) is 0 Å². The molecule has 0 saturated carbocycles. The molecular weight excluding hydrogens is 346 g/mol. The van der Waals surface area contributed by atoms with Gasteiger partial charge in [-0.25, -0.2) is 0 Å². The Morgan fingerprint density at radius 3 is 2.58 bits per heavy atom. The number of rotatable bonds is 7. The van der Waals surface area contributed by atoms with E-state index in [2.05, 4.69) is 15.6 Å². The van der Waals surface area contributed by atoms with Crippen LogP contribution in [0.2, 0.25) is 5.02 Å². The third-order valence-corrected chi connectivity index (χ3v) is 4.16. The SMILES string of the molecule is O=C(NCCc1cccc(Cl)c1)c1cncc(NCc2ccccc2)c1. The molecule has 26 heavy (non-hydrogen) atoms. The van der Waals surface area contributed by atoms with Gasteiger partial charge in [0.2, 0.25) is 0 Å². The Kier molecular flexibility index (Phi) is 6.23. The molecule has 4 nitrogen and oxygen atoms in total. The first-order valence-corrected chi connectivity index (χ1v) is 8.84. The van der Waals surface area contributed by atoms with Crippen LogP contribution in [-0.4, -0.2) is 17.4 Å². The van der Waals surface area contributed by atoms with Gasteiger partial charge in [-0.05, 0) is 35.7 Å². The van der Waals surface area contributed by atoms with Gasteiger partial charge in [0.1, 0.15) is 0 Å². The van der Waals surface area contributed by atoms with Crippen molar-refractivity contribution >= 4 is 23.2 Å². The number of benzene rings is 2. The predicted octanol–water partition coefficient (Wildman–Crippen LogP) is 4.32. The van der Waals surface area contributed by atoms with E-state index < -0.39 is 0 Å². The molecule has 0 spiro atoms. The lowest BCUT2D eigenvalue weighted by molar-refractivity contribution is 0.0954. The zero-order valence-electron chi connectivity index (χ0n) is 14.3. The van der Waals surface area contributed by atoms with Gasteiger partial charge in [-0.2, -0.15) is 0 Å². The quantitative estimate of drug-likeness (QED) is 0.655. The maximum Gasteiger partial charge on any atom is 0.252 e. The number of halogens is 1. The summed E-state index contributed by atoms with van der Waals surface area (Å²) >= 11 is 5.97. The first kappa shape index (κ1) is 18.0. The number of nitrogens with zero attached hydrogens (tertiary/aromatic N) is 1. The Bertz CT molecular complexity index is 868. The molecule has 0 atom stereocenters. The summed E-state index contributed by atoms with van der Waals surface area (Å²) in [5, 5.41) is 6.91. The van der Waals surface area contributed by atoms with Crippen LogP contribution >= 0.6 is 11.6 Å². The summed E-state index contributed by atoms with van der Waals surface area (Å²) in [5.41, 5.74) is 3.61. The molecule has 1 heterocycles. The standard InChI is InChI=1S/C21H20ClN3O/c22-19-8-4-7-16(11-19)9-10-24-21(26)18-12-20(15-23-14-18)25-13-17-5-2-1-3-6-17/h1-8,11-12,14-15,25H,9-10,13H2,(H,24,26). The molecular formula is C21H20ClN3O. The maximum absolute atomic E-state index is 12.3. The number of aromatic nitrogens is 1. The van der Waals surface area contributed by atoms with Crippen molar-refractivity contribution in [2.45, 2.75) is 13.0 Å². The molecule has 3 rings (SSSR count). The number of hydrogen-bond donors (Lipinski definition) is 2. The minimum Gasteiger partial charge on any atom is -0.380 e. The van der Waals surface area contributed by atoms with E-state index in [1.165, 1.54) is 5.56 Å². The summed E-state index contributed by atoms with van der Waals surface area (Å²) in [5.74, 6) is -0.136. The van der Waals surface area contributed by atoms with Crippen molar-refractivity contribution in [3.8, 4) is 0 Å². The zero-order valence-corrected chi connectivity index (χ0v) is 15.0. The fourth-order valence-electron chi connectivity index (χ4n) is 2.58. The number of anilines is 1. The number of pyridine rings is 1. The van der Waals surface area contributed by atoms with Crippen LogP contribution < -0.4 is 10.6 Å². The third kappa shape index (κ3) is 5.33. The van der Waals surface area contributed by atoms with Crippen molar-refractivity contribution in [3.05, 3.63) is 94.8 Å². The number of hydrogen-bond acceptors (Lipinski definition) is 3. The summed E-state index contributed by atoms with van der Waals surface area (Å²) in [4.78, 5) is 16.5. The van der Waals surface area contributed by atoms with Crippen molar-refractivity contribution in [1.82, 2.24) is 10.3 Å². The van der Waals surface area contributed by atoms with Gasteiger partial charge in [0.25, 0.3) is 5.91 Å². The van der Waals surface area contributed by atoms with E-state index in [0.717, 1.165) is 17.7 Å². The Morgan fingerprint density at radius 2 is 1.77 bits per heavy atom. The molecule has 2 aromatic carbocycles. The Morgan fingerprint density at radius 1 is 0.962 bits per heavy atom. The largest absolute Gasteiger partial charge is 0.380 e. The minimum atomic E-state index is -0.136. The van der Waals surface area contributed by atoms with Crippen LogP contribution in [0.4, 0.5) is 5.69 Å². The summed E-state index contributed by atoms with van der Waals surface area (Å²) in [6, 6.07) is 19.5. The second-order valence-corrected chi connectivity index (χ2v) is 6.37. The van der Waals surface area contributed by atoms with E-state index in [1.54, 1.807) is 12.4 Å². The lowest BCUT2D eigenvalue weighted by Crippen LogP contribution is -2.25. The highest BCUT2D eigenvalue weighted by Crippen LogP contribution is 2.12. The topological polar surface area (TPSA) is 54.0 Å². The predicted molar refractivity (Wildman–Crippen MR) is 105 cm³/mol. The van der Waals surface area contributed by atoms with Crippen molar-refractivity contribution < 1.29 is 4.79 Å². The highest BCUT2D eigenvalue weighted by Gasteiger charge is 2.07. The van der Waals surface area contributed by atoms with Gasteiger partial charge >= 0.3 is 0 Å². The number of carbonyl (C=O) groups is 1. The first-order chi connectivity index (χ1) is 12.7. The monoisotopic (exact) mass is 365 g/mol. The van der Waals surface area contributed by atoms with Crippen LogP contribution in [0.3, 0.4) is 0 Å². The summed E-state index contributed by atoms with van der Waals surface area (Å²) < 4.78 is 0. The van der Waals surface area contributed by atoms with Crippen LogP contribution in [0, 0.1) is 0 Å². The van der Waals surface area contributed by atoms with Crippen molar-refractivity contribution in [2.24, 2.45) is 0 Å². The van der Waals surface area contributed by atoms with Gasteiger partial charge in [0.15, 0.2) is 0 Å². The molecule has 1 amide bonds.